The molecule has 0 spiro atoms. The highest BCUT2D eigenvalue weighted by Crippen LogP contribution is 2.38. The van der Waals surface area contributed by atoms with E-state index >= 15 is 0 Å². The predicted octanol–water partition coefficient (Wildman–Crippen LogP) is 11.1. The SMILES string of the molecule is CCc1cc(C)ccc1-c1cc2ccc(CCC(O)CCc3ccc4cc(-c5ccc(C)cc5CC)sc4c3)cc2s1. The maximum absolute atomic E-state index is 10.9. The van der Waals surface area contributed by atoms with E-state index in [1.54, 1.807) is 0 Å². The van der Waals surface area contributed by atoms with Gasteiger partial charge in [-0.25, -0.2) is 0 Å². The number of hydrogen-bond donors (Lipinski definition) is 1. The molecule has 2 aromatic heterocycles. The van der Waals surface area contributed by atoms with Crippen LogP contribution in [0.25, 0.3) is 41.1 Å². The molecule has 42 heavy (non-hydrogen) atoms. The minimum absolute atomic E-state index is 0.298. The molecule has 0 aliphatic rings. The average Bonchev–Trinajstić information content (AvgIpc) is 3.62. The Bertz CT molecular complexity index is 1720. The zero-order chi connectivity index (χ0) is 29.2. The molecule has 214 valence electrons. The van der Waals surface area contributed by atoms with Crippen molar-refractivity contribution in [3.63, 3.8) is 0 Å². The fraction of sp³-hybridized carbons (Fsp3) is 0.282. The number of benzene rings is 4. The van der Waals surface area contributed by atoms with Gasteiger partial charge in [0.2, 0.25) is 0 Å². The van der Waals surface area contributed by atoms with Gasteiger partial charge in [-0.2, -0.15) is 0 Å². The second kappa shape index (κ2) is 12.6. The number of aliphatic hydroxyl groups is 1. The van der Waals surface area contributed by atoms with Crippen molar-refractivity contribution in [2.45, 2.75) is 72.3 Å². The smallest absolute Gasteiger partial charge is 0.0546 e. The van der Waals surface area contributed by atoms with E-state index in [1.165, 1.54) is 74.4 Å². The van der Waals surface area contributed by atoms with Crippen molar-refractivity contribution in [2.24, 2.45) is 0 Å². The van der Waals surface area contributed by atoms with Gasteiger partial charge in [0.25, 0.3) is 0 Å². The Morgan fingerprint density at radius 3 is 1.45 bits per heavy atom. The number of aliphatic hydroxyl groups excluding tert-OH is 1. The number of thiophene rings is 2. The van der Waals surface area contributed by atoms with Crippen molar-refractivity contribution in [1.82, 2.24) is 0 Å². The summed E-state index contributed by atoms with van der Waals surface area (Å²) in [6, 6.07) is 31.9. The topological polar surface area (TPSA) is 20.2 Å². The second-order valence-electron chi connectivity index (χ2n) is 11.7. The molecule has 0 saturated heterocycles. The zero-order valence-electron chi connectivity index (χ0n) is 25.2. The fourth-order valence-electron chi connectivity index (χ4n) is 6.05. The second-order valence-corrected chi connectivity index (χ2v) is 13.9. The first-order valence-electron chi connectivity index (χ1n) is 15.3. The van der Waals surface area contributed by atoms with Gasteiger partial charge in [-0.3, -0.25) is 0 Å². The molecule has 0 saturated carbocycles. The van der Waals surface area contributed by atoms with Gasteiger partial charge in [-0.05, 0) is 121 Å². The molecule has 0 amide bonds. The molecule has 3 heteroatoms. The van der Waals surface area contributed by atoms with E-state index in [2.05, 4.69) is 113 Å². The highest BCUT2D eigenvalue weighted by molar-refractivity contribution is 7.22. The Hall–Kier alpha value is -3.24. The standard InChI is InChI=1S/C39H40OS2/c1-5-29-19-25(3)7-17-34(29)38-23-31-13-9-27(21-36(31)41-38)11-15-33(40)16-12-28-10-14-32-24-39(42-37(32)22-28)35-18-8-26(4)20-30(35)6-2/h7-10,13-14,17-24,33,40H,5-6,11-12,15-16H2,1-4H3. The molecule has 6 rings (SSSR count). The van der Waals surface area contributed by atoms with Crippen molar-refractivity contribution < 1.29 is 5.11 Å². The largest absolute Gasteiger partial charge is 0.393 e. The van der Waals surface area contributed by atoms with Gasteiger partial charge in [0, 0.05) is 19.2 Å². The quantitative estimate of drug-likeness (QED) is 0.169. The molecule has 0 unspecified atom stereocenters. The summed E-state index contributed by atoms with van der Waals surface area (Å²) in [5, 5.41) is 13.5. The average molecular weight is 589 g/mol. The molecule has 6 aromatic rings. The normalized spacial score (nSPS) is 11.8. The van der Waals surface area contributed by atoms with Gasteiger partial charge in [-0.15, -0.1) is 22.7 Å². The minimum Gasteiger partial charge on any atom is -0.393 e. The first-order chi connectivity index (χ1) is 20.4. The molecule has 4 aromatic carbocycles. The van der Waals surface area contributed by atoms with Crippen LogP contribution in [0, 0.1) is 13.8 Å². The summed E-state index contributed by atoms with van der Waals surface area (Å²) in [5.74, 6) is 0. The van der Waals surface area contributed by atoms with Crippen LogP contribution < -0.4 is 0 Å². The maximum Gasteiger partial charge on any atom is 0.0546 e. The van der Waals surface area contributed by atoms with Crippen molar-refractivity contribution in [1.29, 1.82) is 0 Å². The Labute approximate surface area is 258 Å². The number of fused-ring (bicyclic) bond motifs is 2. The minimum atomic E-state index is -0.298. The van der Waals surface area contributed by atoms with E-state index in [9.17, 15) is 5.11 Å². The summed E-state index contributed by atoms with van der Waals surface area (Å²) >= 11 is 3.77. The zero-order valence-corrected chi connectivity index (χ0v) is 26.8. The fourth-order valence-corrected chi connectivity index (χ4v) is 8.42. The first-order valence-corrected chi connectivity index (χ1v) is 17.0. The molecule has 2 heterocycles. The summed E-state index contributed by atoms with van der Waals surface area (Å²) < 4.78 is 2.67. The molecule has 0 fully saturated rings. The molecule has 0 aliphatic carbocycles. The van der Waals surface area contributed by atoms with Crippen molar-refractivity contribution in [3.05, 3.63) is 118 Å². The lowest BCUT2D eigenvalue weighted by molar-refractivity contribution is 0.155. The maximum atomic E-state index is 10.9. The summed E-state index contributed by atoms with van der Waals surface area (Å²) in [6.07, 6.45) is 5.18. The summed E-state index contributed by atoms with van der Waals surface area (Å²) in [6.45, 7) is 8.81. The van der Waals surface area contributed by atoms with E-state index in [0.29, 0.717) is 0 Å². The van der Waals surface area contributed by atoms with Gasteiger partial charge in [0.1, 0.15) is 0 Å². The highest BCUT2D eigenvalue weighted by Gasteiger charge is 2.12. The van der Waals surface area contributed by atoms with Crippen LogP contribution in [-0.2, 0) is 25.7 Å². The van der Waals surface area contributed by atoms with E-state index in [4.69, 9.17) is 0 Å². The Morgan fingerprint density at radius 1 is 0.571 bits per heavy atom. The number of hydrogen-bond acceptors (Lipinski definition) is 3. The summed E-state index contributed by atoms with van der Waals surface area (Å²) in [4.78, 5) is 2.69. The molecular formula is C39H40OS2. The van der Waals surface area contributed by atoms with Gasteiger partial charge >= 0.3 is 0 Å². The monoisotopic (exact) mass is 588 g/mol. The van der Waals surface area contributed by atoms with E-state index < -0.39 is 0 Å². The van der Waals surface area contributed by atoms with Crippen LogP contribution in [0.5, 0.6) is 0 Å². The van der Waals surface area contributed by atoms with Crippen LogP contribution in [0.2, 0.25) is 0 Å². The Kier molecular flexibility index (Phi) is 8.62. The molecule has 1 N–H and O–H groups in total. The Morgan fingerprint density at radius 2 is 1.02 bits per heavy atom. The van der Waals surface area contributed by atoms with Gasteiger partial charge < -0.3 is 5.11 Å². The lowest BCUT2D eigenvalue weighted by Crippen LogP contribution is -2.09. The van der Waals surface area contributed by atoms with Crippen molar-refractivity contribution in [3.8, 4) is 20.9 Å². The van der Waals surface area contributed by atoms with Crippen LogP contribution in [0.4, 0.5) is 0 Å². The predicted molar refractivity (Wildman–Crippen MR) is 185 cm³/mol. The molecule has 0 radical (unpaired) electrons. The van der Waals surface area contributed by atoms with E-state index in [1.807, 2.05) is 22.7 Å². The first kappa shape index (κ1) is 28.9. The van der Waals surface area contributed by atoms with Crippen LogP contribution in [0.15, 0.2) is 84.9 Å². The van der Waals surface area contributed by atoms with Crippen LogP contribution in [-0.4, -0.2) is 11.2 Å². The summed E-state index contributed by atoms with van der Waals surface area (Å²) in [5.41, 5.74) is 10.8. The van der Waals surface area contributed by atoms with Gasteiger partial charge in [-0.1, -0.05) is 85.6 Å². The molecule has 0 aliphatic heterocycles. The third-order valence-electron chi connectivity index (χ3n) is 8.52. The molecule has 1 nitrogen and oxygen atoms in total. The van der Waals surface area contributed by atoms with Crippen LogP contribution in [0.1, 0.15) is 60.1 Å². The number of aryl methyl sites for hydroxylation is 6. The lowest BCUT2D eigenvalue weighted by Gasteiger charge is -2.11. The van der Waals surface area contributed by atoms with Crippen LogP contribution in [0.3, 0.4) is 0 Å². The third-order valence-corrected chi connectivity index (χ3v) is 10.8. The van der Waals surface area contributed by atoms with E-state index in [-0.39, 0.29) is 6.10 Å². The van der Waals surface area contributed by atoms with Crippen molar-refractivity contribution >= 4 is 42.8 Å². The van der Waals surface area contributed by atoms with Crippen molar-refractivity contribution in [2.75, 3.05) is 0 Å². The van der Waals surface area contributed by atoms with E-state index in [0.717, 1.165) is 38.5 Å². The number of rotatable bonds is 10. The Balaban J connectivity index is 1.08. The third kappa shape index (κ3) is 6.24. The molecule has 0 bridgehead atoms. The molecule has 0 atom stereocenters. The highest BCUT2D eigenvalue weighted by atomic mass is 32.1. The molecular weight excluding hydrogens is 549 g/mol. The van der Waals surface area contributed by atoms with Crippen LogP contribution >= 0.6 is 22.7 Å². The lowest BCUT2D eigenvalue weighted by atomic mass is 9.99. The summed E-state index contributed by atoms with van der Waals surface area (Å²) in [7, 11) is 0. The van der Waals surface area contributed by atoms with Gasteiger partial charge in [0.15, 0.2) is 0 Å². The van der Waals surface area contributed by atoms with Gasteiger partial charge in [0.05, 0.1) is 6.10 Å².